The second-order valence-electron chi connectivity index (χ2n) is 6.86. The molecule has 2 N–H and O–H groups in total. The van der Waals surface area contributed by atoms with E-state index in [1.165, 1.54) is 5.69 Å². The molecule has 0 aromatic heterocycles. The van der Waals surface area contributed by atoms with E-state index in [-0.39, 0.29) is 6.03 Å². The van der Waals surface area contributed by atoms with Crippen LogP contribution in [-0.2, 0) is 4.74 Å². The van der Waals surface area contributed by atoms with E-state index in [9.17, 15) is 4.79 Å². The molecule has 1 aromatic carbocycles. The maximum Gasteiger partial charge on any atom is 0.314 e. The Bertz CT molecular complexity index is 561. The average Bonchev–Trinajstić information content (AvgIpc) is 3.32. The number of nitrogens with one attached hydrogen (secondary N) is 2. The molecule has 0 spiro atoms. The van der Waals surface area contributed by atoms with Gasteiger partial charge in [-0.25, -0.2) is 4.79 Å². The Morgan fingerprint density at radius 3 is 3.08 bits per heavy atom. The molecule has 2 aliphatic heterocycles. The number of benzene rings is 1. The largest absolute Gasteiger partial charge is 0.497 e. The van der Waals surface area contributed by atoms with E-state index in [4.69, 9.17) is 9.47 Å². The van der Waals surface area contributed by atoms with E-state index in [2.05, 4.69) is 27.7 Å². The molecule has 0 bridgehead atoms. The highest BCUT2D eigenvalue weighted by Gasteiger charge is 2.23. The van der Waals surface area contributed by atoms with Gasteiger partial charge in [-0.15, -0.1) is 0 Å². The van der Waals surface area contributed by atoms with Crippen LogP contribution >= 0.6 is 0 Å². The molecule has 2 heterocycles. The Kier molecular flexibility index (Phi) is 6.39. The molecule has 138 valence electrons. The maximum absolute atomic E-state index is 11.9. The lowest BCUT2D eigenvalue weighted by Gasteiger charge is -2.19. The van der Waals surface area contributed by atoms with Crippen LogP contribution in [0, 0.1) is 5.92 Å². The molecule has 2 saturated heterocycles. The molecule has 2 amide bonds. The highest BCUT2D eigenvalue weighted by Crippen LogP contribution is 2.26. The molecule has 0 radical (unpaired) electrons. The van der Waals surface area contributed by atoms with Crippen molar-refractivity contribution in [2.75, 3.05) is 44.8 Å². The summed E-state index contributed by atoms with van der Waals surface area (Å²) in [5.74, 6) is 1.36. The molecule has 6 nitrogen and oxygen atoms in total. The zero-order valence-electron chi connectivity index (χ0n) is 15.0. The van der Waals surface area contributed by atoms with Crippen LogP contribution in [0.5, 0.6) is 5.75 Å². The van der Waals surface area contributed by atoms with E-state index in [1.807, 2.05) is 12.1 Å². The van der Waals surface area contributed by atoms with Gasteiger partial charge in [-0.1, -0.05) is 6.07 Å². The third kappa shape index (κ3) is 5.26. The van der Waals surface area contributed by atoms with Crippen LogP contribution < -0.4 is 20.3 Å². The van der Waals surface area contributed by atoms with Gasteiger partial charge in [-0.2, -0.15) is 0 Å². The Hall–Kier alpha value is -1.95. The third-order valence-corrected chi connectivity index (χ3v) is 5.03. The highest BCUT2D eigenvalue weighted by molar-refractivity contribution is 5.73. The molecular weight excluding hydrogens is 318 g/mol. The minimum Gasteiger partial charge on any atom is -0.497 e. The first-order valence-electron chi connectivity index (χ1n) is 9.27. The second-order valence-corrected chi connectivity index (χ2v) is 6.86. The van der Waals surface area contributed by atoms with Crippen LogP contribution in [0.2, 0.25) is 0 Å². The number of carbonyl (C=O) groups excluding carboxylic acids is 1. The summed E-state index contributed by atoms with van der Waals surface area (Å²) in [6, 6.07) is 8.07. The molecule has 2 fully saturated rings. The lowest BCUT2D eigenvalue weighted by atomic mass is 10.1. The van der Waals surface area contributed by atoms with E-state index in [0.29, 0.717) is 25.1 Å². The normalized spacial score (nSPS) is 22.8. The lowest BCUT2D eigenvalue weighted by molar-refractivity contribution is 0.104. The molecular formula is C19H29N3O3. The minimum absolute atomic E-state index is 0.0715. The quantitative estimate of drug-likeness (QED) is 0.795. The Morgan fingerprint density at radius 2 is 2.28 bits per heavy atom. The number of nitrogens with zero attached hydrogens (tertiary/aromatic N) is 1. The van der Waals surface area contributed by atoms with Gasteiger partial charge in [0.2, 0.25) is 0 Å². The van der Waals surface area contributed by atoms with Crippen LogP contribution in [0.3, 0.4) is 0 Å². The number of rotatable bonds is 7. The van der Waals surface area contributed by atoms with Gasteiger partial charge in [0, 0.05) is 44.5 Å². The summed E-state index contributed by atoms with van der Waals surface area (Å²) in [6.07, 6.45) is 4.58. The average molecular weight is 347 g/mol. The number of carbonyl (C=O) groups is 1. The van der Waals surface area contributed by atoms with Crippen molar-refractivity contribution < 1.29 is 14.3 Å². The van der Waals surface area contributed by atoms with Crippen molar-refractivity contribution in [2.24, 2.45) is 5.92 Å². The summed E-state index contributed by atoms with van der Waals surface area (Å²) in [7, 11) is 1.69. The van der Waals surface area contributed by atoms with Gasteiger partial charge < -0.3 is 25.0 Å². The first-order chi connectivity index (χ1) is 12.2. The molecule has 0 aliphatic carbocycles. The smallest absolute Gasteiger partial charge is 0.314 e. The van der Waals surface area contributed by atoms with Crippen LogP contribution in [0.15, 0.2) is 24.3 Å². The molecule has 25 heavy (non-hydrogen) atoms. The summed E-state index contributed by atoms with van der Waals surface area (Å²) >= 11 is 0. The third-order valence-electron chi connectivity index (χ3n) is 5.03. The highest BCUT2D eigenvalue weighted by atomic mass is 16.5. The fourth-order valence-electron chi connectivity index (χ4n) is 3.56. The Labute approximate surface area is 149 Å². The van der Waals surface area contributed by atoms with E-state index in [0.717, 1.165) is 51.1 Å². The first kappa shape index (κ1) is 17.9. The monoisotopic (exact) mass is 347 g/mol. The summed E-state index contributed by atoms with van der Waals surface area (Å²) in [6.45, 7) is 4.23. The van der Waals surface area contributed by atoms with Crippen molar-refractivity contribution in [3.63, 3.8) is 0 Å². The zero-order chi connectivity index (χ0) is 17.5. The summed E-state index contributed by atoms with van der Waals surface area (Å²) < 4.78 is 10.9. The van der Waals surface area contributed by atoms with Gasteiger partial charge in [0.05, 0.1) is 13.2 Å². The fourth-order valence-corrected chi connectivity index (χ4v) is 3.56. The van der Waals surface area contributed by atoms with E-state index >= 15 is 0 Å². The van der Waals surface area contributed by atoms with Crippen LogP contribution in [0.1, 0.15) is 25.7 Å². The zero-order valence-corrected chi connectivity index (χ0v) is 15.0. The Morgan fingerprint density at radius 1 is 1.36 bits per heavy atom. The van der Waals surface area contributed by atoms with Crippen LogP contribution in [0.25, 0.3) is 0 Å². The predicted octanol–water partition coefficient (Wildman–Crippen LogP) is 2.39. The number of urea groups is 1. The number of ether oxygens (including phenoxy) is 2. The van der Waals surface area contributed by atoms with Crippen molar-refractivity contribution in [1.82, 2.24) is 10.6 Å². The number of hydrogen-bond donors (Lipinski definition) is 2. The van der Waals surface area contributed by atoms with Crippen molar-refractivity contribution in [2.45, 2.75) is 31.8 Å². The molecule has 1 aromatic rings. The maximum atomic E-state index is 11.9. The van der Waals surface area contributed by atoms with Gasteiger partial charge in [0.1, 0.15) is 5.75 Å². The summed E-state index contributed by atoms with van der Waals surface area (Å²) in [5, 5.41) is 5.93. The first-order valence-corrected chi connectivity index (χ1v) is 9.27. The summed E-state index contributed by atoms with van der Waals surface area (Å²) in [4.78, 5) is 14.3. The van der Waals surface area contributed by atoms with Gasteiger partial charge in [-0.05, 0) is 43.7 Å². The number of amides is 2. The number of anilines is 1. The lowest BCUT2D eigenvalue weighted by Crippen LogP contribution is -2.39. The van der Waals surface area contributed by atoms with Crippen molar-refractivity contribution >= 4 is 11.7 Å². The number of methoxy groups -OCH3 is 1. The number of hydrogen-bond acceptors (Lipinski definition) is 4. The van der Waals surface area contributed by atoms with Crippen LogP contribution in [0.4, 0.5) is 10.5 Å². The SMILES string of the molecule is COc1cccc(N2CC[C@@H](CNC(=O)NCC[C@H]3CCCO3)C2)c1. The van der Waals surface area contributed by atoms with Crippen molar-refractivity contribution in [3.05, 3.63) is 24.3 Å². The fraction of sp³-hybridized carbons (Fsp3) is 0.632. The second kappa shape index (κ2) is 8.94. The molecule has 6 heteroatoms. The molecule has 3 rings (SSSR count). The van der Waals surface area contributed by atoms with E-state index < -0.39 is 0 Å². The topological polar surface area (TPSA) is 62.8 Å². The minimum atomic E-state index is -0.0715. The van der Waals surface area contributed by atoms with E-state index in [1.54, 1.807) is 7.11 Å². The Balaban J connectivity index is 1.34. The predicted molar refractivity (Wildman–Crippen MR) is 98.3 cm³/mol. The summed E-state index contributed by atoms with van der Waals surface area (Å²) in [5.41, 5.74) is 1.18. The molecule has 0 unspecified atom stereocenters. The van der Waals surface area contributed by atoms with Gasteiger partial charge in [-0.3, -0.25) is 0 Å². The van der Waals surface area contributed by atoms with Gasteiger partial charge in [0.15, 0.2) is 0 Å². The molecule has 2 atom stereocenters. The van der Waals surface area contributed by atoms with Crippen LogP contribution in [-0.4, -0.2) is 52.0 Å². The standard InChI is InChI=1S/C19H29N3O3/c1-24-18-5-2-4-16(12-18)22-10-8-15(14-22)13-21-19(23)20-9-7-17-6-3-11-25-17/h2,4-5,12,15,17H,3,6-11,13-14H2,1H3,(H2,20,21,23)/t15-,17+/m0/s1. The van der Waals surface area contributed by atoms with Crippen molar-refractivity contribution in [3.8, 4) is 5.75 Å². The van der Waals surface area contributed by atoms with Crippen molar-refractivity contribution in [1.29, 1.82) is 0 Å². The molecule has 2 aliphatic rings. The van der Waals surface area contributed by atoms with Gasteiger partial charge in [0.25, 0.3) is 0 Å². The van der Waals surface area contributed by atoms with Gasteiger partial charge >= 0.3 is 6.03 Å². The molecule has 0 saturated carbocycles.